The molecule has 31 heavy (non-hydrogen) atoms. The number of benzene rings is 1. The van der Waals surface area contributed by atoms with Crippen LogP contribution in [-0.4, -0.2) is 40.0 Å². The van der Waals surface area contributed by atoms with Gasteiger partial charge in [-0.05, 0) is 51.2 Å². The number of aryl methyl sites for hydroxylation is 1. The second-order valence-corrected chi connectivity index (χ2v) is 7.33. The maximum Gasteiger partial charge on any atom is 1.00 e. The van der Waals surface area contributed by atoms with Crippen LogP contribution < -0.4 is 62.0 Å². The van der Waals surface area contributed by atoms with Crippen molar-refractivity contribution in [1.82, 2.24) is 19.9 Å². The van der Waals surface area contributed by atoms with Gasteiger partial charge in [0.1, 0.15) is 5.82 Å². The molecule has 160 valence electrons. The zero-order valence-electron chi connectivity index (χ0n) is 19.0. The molecule has 8 heteroatoms. The van der Waals surface area contributed by atoms with E-state index >= 15 is 0 Å². The summed E-state index contributed by atoms with van der Waals surface area (Å²) in [6.45, 7) is 6.83. The third kappa shape index (κ3) is 7.32. The maximum absolute atomic E-state index is 4.71. The van der Waals surface area contributed by atoms with Crippen LogP contribution >= 0.6 is 12.6 Å². The van der Waals surface area contributed by atoms with Crippen molar-refractivity contribution in [3.63, 3.8) is 0 Å². The van der Waals surface area contributed by atoms with Gasteiger partial charge in [-0.25, -0.2) is 0 Å². The fourth-order valence-electron chi connectivity index (χ4n) is 3.63. The molecule has 0 radical (unpaired) electrons. The van der Waals surface area contributed by atoms with Crippen molar-refractivity contribution in [3.8, 4) is 0 Å². The molecule has 0 saturated carbocycles. The van der Waals surface area contributed by atoms with E-state index in [0.29, 0.717) is 12.6 Å². The predicted molar refractivity (Wildman–Crippen MR) is 129 cm³/mol. The van der Waals surface area contributed by atoms with Gasteiger partial charge in [-0.3, -0.25) is 4.40 Å². The van der Waals surface area contributed by atoms with Gasteiger partial charge < -0.3 is 16.0 Å². The van der Waals surface area contributed by atoms with Gasteiger partial charge in [0.25, 0.3) is 0 Å². The third-order valence-electron chi connectivity index (χ3n) is 5.15. The molecule has 0 atom stereocenters. The molecule has 2 N–H and O–H groups in total. The van der Waals surface area contributed by atoms with Crippen molar-refractivity contribution >= 4 is 30.0 Å². The summed E-state index contributed by atoms with van der Waals surface area (Å²) in [7, 11) is 0. The molecule has 1 aromatic carbocycles. The van der Waals surface area contributed by atoms with Crippen LogP contribution in [0.25, 0.3) is 17.0 Å². The Morgan fingerprint density at radius 1 is 1.16 bits per heavy atom. The van der Waals surface area contributed by atoms with Crippen molar-refractivity contribution < 1.29 is 51.4 Å². The van der Waals surface area contributed by atoms with Gasteiger partial charge in [-0.2, -0.15) is 18.3 Å². The van der Waals surface area contributed by atoms with Crippen LogP contribution in [0.2, 0.25) is 0 Å². The number of pyridine rings is 1. The summed E-state index contributed by atoms with van der Waals surface area (Å²) in [5.41, 5.74) is 5.16. The molecule has 2 aromatic heterocycles. The number of nitrogens with one attached hydrogen (secondary N) is 2. The van der Waals surface area contributed by atoms with Gasteiger partial charge in [0.15, 0.2) is 5.65 Å². The summed E-state index contributed by atoms with van der Waals surface area (Å²) in [4.78, 5) is 0. The average molecular weight is 463 g/mol. The van der Waals surface area contributed by atoms with Gasteiger partial charge in [-0.1, -0.05) is 48.9 Å². The molecule has 3 aromatic rings. The minimum Gasteiger partial charge on any atom is -0.684 e. The Balaban J connectivity index is 0.00000111. The van der Waals surface area contributed by atoms with E-state index in [1.165, 1.54) is 5.56 Å². The van der Waals surface area contributed by atoms with Gasteiger partial charge in [0, 0.05) is 11.7 Å². The largest absolute Gasteiger partial charge is 1.00 e. The molecule has 1 aliphatic rings. The molecule has 0 unspecified atom stereocenters. The SMILES string of the molecule is C/C(=C/c1ccc(NC2CCNCC2)c2nnc(C)n12)[N-]Cc1ccccc1.CS.[K+]. The van der Waals surface area contributed by atoms with E-state index in [-0.39, 0.29) is 51.4 Å². The second kappa shape index (κ2) is 13.6. The molecule has 6 nitrogen and oxygen atoms in total. The molecule has 1 aliphatic heterocycles. The number of rotatable bonds is 6. The van der Waals surface area contributed by atoms with Crippen LogP contribution in [-0.2, 0) is 6.54 Å². The van der Waals surface area contributed by atoms with Crippen LogP contribution in [0, 0.1) is 6.92 Å². The van der Waals surface area contributed by atoms with Crippen LogP contribution in [0.4, 0.5) is 5.69 Å². The third-order valence-corrected chi connectivity index (χ3v) is 5.15. The van der Waals surface area contributed by atoms with Crippen LogP contribution in [0.15, 0.2) is 48.2 Å². The van der Waals surface area contributed by atoms with Crippen molar-refractivity contribution in [2.24, 2.45) is 0 Å². The van der Waals surface area contributed by atoms with Crippen molar-refractivity contribution in [3.05, 3.63) is 70.6 Å². The van der Waals surface area contributed by atoms with Crippen molar-refractivity contribution in [2.45, 2.75) is 39.3 Å². The number of fused-ring (bicyclic) bond motifs is 1. The first-order chi connectivity index (χ1) is 14.7. The zero-order valence-corrected chi connectivity index (χ0v) is 23.0. The fourth-order valence-corrected chi connectivity index (χ4v) is 3.63. The van der Waals surface area contributed by atoms with E-state index in [4.69, 9.17) is 5.32 Å². The van der Waals surface area contributed by atoms with E-state index in [1.54, 1.807) is 6.26 Å². The monoisotopic (exact) mass is 462 g/mol. The minimum atomic E-state index is 0. The first kappa shape index (κ1) is 26.4. The Bertz CT molecular complexity index is 967. The smallest absolute Gasteiger partial charge is 0.684 e. The first-order valence-electron chi connectivity index (χ1n) is 10.4. The number of anilines is 1. The van der Waals surface area contributed by atoms with E-state index in [0.717, 1.165) is 54.5 Å². The van der Waals surface area contributed by atoms with Crippen LogP contribution in [0.3, 0.4) is 0 Å². The maximum atomic E-state index is 4.71. The number of piperidine rings is 1. The second-order valence-electron chi connectivity index (χ2n) is 7.33. The van der Waals surface area contributed by atoms with Crippen molar-refractivity contribution in [2.75, 3.05) is 24.7 Å². The molecule has 0 spiro atoms. The van der Waals surface area contributed by atoms with E-state index < -0.39 is 0 Å². The summed E-state index contributed by atoms with van der Waals surface area (Å²) >= 11 is 3.53. The Labute approximate surface area is 233 Å². The molecule has 4 rings (SSSR count). The molecule has 0 aliphatic carbocycles. The van der Waals surface area contributed by atoms with E-state index in [1.807, 2.05) is 32.0 Å². The standard InChI is InChI=1S/C22H27N6.CH4S.K/c1-16(24-15-18-6-4-3-5-7-18)14-20-8-9-21(22-27-26-17(2)28(20)22)25-19-10-12-23-13-11-19;1-2;/h3-9,14,19,23,25H,10-13,15H2,1-2H3;2H,1H3;/q-1;;+1/b16-14-;;. The summed E-state index contributed by atoms with van der Waals surface area (Å²) in [6.07, 6.45) is 6.04. The quantitative estimate of drug-likeness (QED) is 0.385. The van der Waals surface area contributed by atoms with E-state index in [2.05, 4.69) is 68.2 Å². The Morgan fingerprint density at radius 2 is 1.87 bits per heavy atom. The van der Waals surface area contributed by atoms with Gasteiger partial charge in [0.05, 0.1) is 5.69 Å². The predicted octanol–water partition coefficient (Wildman–Crippen LogP) is 1.69. The molecule has 3 heterocycles. The molecule has 0 amide bonds. The topological polar surface area (TPSA) is 68.3 Å². The van der Waals surface area contributed by atoms with Crippen molar-refractivity contribution in [1.29, 1.82) is 0 Å². The summed E-state index contributed by atoms with van der Waals surface area (Å²) < 4.78 is 2.10. The number of aromatic nitrogens is 3. The molecular formula is C23H31KN6S. The van der Waals surface area contributed by atoms with Crippen LogP contribution in [0.1, 0.15) is 36.8 Å². The molecule has 0 bridgehead atoms. The molecular weight excluding hydrogens is 431 g/mol. The normalized spacial score (nSPS) is 14.4. The average Bonchev–Trinajstić information content (AvgIpc) is 3.19. The zero-order chi connectivity index (χ0) is 21.3. The fraction of sp³-hybridized carbons (Fsp3) is 0.391. The summed E-state index contributed by atoms with van der Waals surface area (Å²) in [5.74, 6) is 0.881. The Morgan fingerprint density at radius 3 is 2.58 bits per heavy atom. The van der Waals surface area contributed by atoms with Gasteiger partial charge in [-0.15, -0.1) is 16.7 Å². The number of hydrogen-bond donors (Lipinski definition) is 3. The number of allylic oxidation sites excluding steroid dienone is 1. The number of thiol groups is 1. The van der Waals surface area contributed by atoms with Crippen LogP contribution in [0.5, 0.6) is 0 Å². The first-order valence-corrected chi connectivity index (χ1v) is 11.3. The molecule has 1 fully saturated rings. The molecule has 1 saturated heterocycles. The van der Waals surface area contributed by atoms with E-state index in [9.17, 15) is 0 Å². The Kier molecular flexibility index (Phi) is 11.6. The Hall–Kier alpha value is -0.874. The number of hydrogen-bond acceptors (Lipinski definition) is 5. The minimum absolute atomic E-state index is 0. The summed E-state index contributed by atoms with van der Waals surface area (Å²) in [5, 5.41) is 20.5. The summed E-state index contributed by atoms with van der Waals surface area (Å²) in [6, 6.07) is 15.0. The van der Waals surface area contributed by atoms with Gasteiger partial charge >= 0.3 is 51.4 Å². The van der Waals surface area contributed by atoms with Gasteiger partial charge in [0.2, 0.25) is 0 Å². The number of nitrogens with zero attached hydrogens (tertiary/aromatic N) is 4.